The molecule has 84 valence electrons. The molecule has 0 aromatic carbocycles. The van der Waals surface area contributed by atoms with Gasteiger partial charge in [-0.05, 0) is 12.5 Å². The van der Waals surface area contributed by atoms with Crippen LogP contribution < -0.4 is 0 Å². The van der Waals surface area contributed by atoms with Crippen LogP contribution in [0.2, 0.25) is 0 Å². The van der Waals surface area contributed by atoms with Gasteiger partial charge in [-0.2, -0.15) is 0 Å². The summed E-state index contributed by atoms with van der Waals surface area (Å²) in [6.07, 6.45) is 8.19. The Morgan fingerprint density at radius 1 is 1.33 bits per heavy atom. The van der Waals surface area contributed by atoms with Crippen LogP contribution in [0.5, 0.6) is 0 Å². The third kappa shape index (κ3) is 4.19. The van der Waals surface area contributed by atoms with Crippen LogP contribution in [0.15, 0.2) is 16.7 Å². The van der Waals surface area contributed by atoms with E-state index in [1.54, 1.807) is 6.07 Å². The van der Waals surface area contributed by atoms with Crippen molar-refractivity contribution < 1.29 is 14.3 Å². The van der Waals surface area contributed by atoms with Crippen molar-refractivity contribution in [3.8, 4) is 0 Å². The number of aryl methyl sites for hydroxylation is 1. The van der Waals surface area contributed by atoms with Gasteiger partial charge in [0, 0.05) is 6.42 Å². The number of hydrogen-bond donors (Lipinski definition) is 1. The molecule has 0 bridgehead atoms. The van der Waals surface area contributed by atoms with Gasteiger partial charge >= 0.3 is 5.97 Å². The molecule has 0 radical (unpaired) electrons. The van der Waals surface area contributed by atoms with Gasteiger partial charge in [0.05, 0.1) is 5.56 Å². The lowest BCUT2D eigenvalue weighted by Crippen LogP contribution is -1.92. The molecule has 1 heterocycles. The van der Waals surface area contributed by atoms with Crippen molar-refractivity contribution in [2.75, 3.05) is 0 Å². The minimum absolute atomic E-state index is 0.249. The molecule has 0 aliphatic rings. The van der Waals surface area contributed by atoms with Crippen molar-refractivity contribution in [2.45, 2.75) is 45.4 Å². The summed E-state index contributed by atoms with van der Waals surface area (Å²) in [5.41, 5.74) is 0.249. The average Bonchev–Trinajstić information content (AvgIpc) is 2.66. The van der Waals surface area contributed by atoms with Gasteiger partial charge in [-0.15, -0.1) is 0 Å². The summed E-state index contributed by atoms with van der Waals surface area (Å²) in [6.45, 7) is 2.19. The number of carboxylic acid groups (broad SMARTS) is 1. The Morgan fingerprint density at radius 2 is 2.07 bits per heavy atom. The fraction of sp³-hybridized carbons (Fsp3) is 0.583. The zero-order valence-corrected chi connectivity index (χ0v) is 9.16. The topological polar surface area (TPSA) is 50.4 Å². The highest BCUT2D eigenvalue weighted by molar-refractivity contribution is 5.87. The largest absolute Gasteiger partial charge is 0.478 e. The van der Waals surface area contributed by atoms with E-state index in [9.17, 15) is 4.79 Å². The third-order valence-electron chi connectivity index (χ3n) is 2.43. The fourth-order valence-corrected chi connectivity index (χ4v) is 1.53. The van der Waals surface area contributed by atoms with E-state index in [1.165, 1.54) is 31.9 Å². The first-order valence-electron chi connectivity index (χ1n) is 5.54. The van der Waals surface area contributed by atoms with Crippen molar-refractivity contribution in [3.63, 3.8) is 0 Å². The highest BCUT2D eigenvalue weighted by Crippen LogP contribution is 2.12. The van der Waals surface area contributed by atoms with Crippen LogP contribution in [0.1, 0.15) is 55.1 Å². The van der Waals surface area contributed by atoms with Gasteiger partial charge in [-0.1, -0.05) is 32.6 Å². The van der Waals surface area contributed by atoms with E-state index in [1.807, 2.05) is 0 Å². The van der Waals surface area contributed by atoms with E-state index >= 15 is 0 Å². The van der Waals surface area contributed by atoms with E-state index in [0.717, 1.165) is 18.6 Å². The lowest BCUT2D eigenvalue weighted by molar-refractivity contribution is 0.0696. The minimum Gasteiger partial charge on any atom is -0.478 e. The second-order valence-electron chi connectivity index (χ2n) is 3.77. The van der Waals surface area contributed by atoms with Gasteiger partial charge in [-0.25, -0.2) is 4.79 Å². The fourth-order valence-electron chi connectivity index (χ4n) is 1.53. The van der Waals surface area contributed by atoms with E-state index < -0.39 is 5.97 Å². The minimum atomic E-state index is -0.920. The molecule has 1 N–H and O–H groups in total. The van der Waals surface area contributed by atoms with E-state index in [2.05, 4.69) is 6.92 Å². The summed E-state index contributed by atoms with van der Waals surface area (Å²) >= 11 is 0. The molecule has 0 saturated heterocycles. The van der Waals surface area contributed by atoms with Gasteiger partial charge in [0.1, 0.15) is 12.0 Å². The van der Waals surface area contributed by atoms with Gasteiger partial charge in [0.15, 0.2) is 0 Å². The highest BCUT2D eigenvalue weighted by Gasteiger charge is 2.07. The zero-order valence-electron chi connectivity index (χ0n) is 9.16. The number of carbonyl (C=O) groups is 1. The molecular formula is C12H18O3. The van der Waals surface area contributed by atoms with Crippen LogP contribution >= 0.6 is 0 Å². The quantitative estimate of drug-likeness (QED) is 0.701. The molecule has 0 unspecified atom stereocenters. The van der Waals surface area contributed by atoms with Crippen LogP contribution in [-0.4, -0.2) is 11.1 Å². The van der Waals surface area contributed by atoms with E-state index in [0.29, 0.717) is 0 Å². The second-order valence-corrected chi connectivity index (χ2v) is 3.77. The number of hydrogen-bond acceptors (Lipinski definition) is 2. The van der Waals surface area contributed by atoms with Crippen LogP contribution in [0, 0.1) is 0 Å². The molecule has 1 rings (SSSR count). The molecule has 1 aromatic heterocycles. The zero-order chi connectivity index (χ0) is 11.1. The lowest BCUT2D eigenvalue weighted by atomic mass is 10.1. The first kappa shape index (κ1) is 11.8. The maximum atomic E-state index is 10.6. The molecule has 3 heteroatoms. The molecule has 0 atom stereocenters. The van der Waals surface area contributed by atoms with Gasteiger partial charge < -0.3 is 9.52 Å². The lowest BCUT2D eigenvalue weighted by Gasteiger charge is -1.97. The third-order valence-corrected chi connectivity index (χ3v) is 2.43. The van der Waals surface area contributed by atoms with Crippen LogP contribution in [0.4, 0.5) is 0 Å². The van der Waals surface area contributed by atoms with Crippen LogP contribution in [0.25, 0.3) is 0 Å². The predicted octanol–water partition coefficient (Wildman–Crippen LogP) is 3.49. The molecular weight excluding hydrogens is 192 g/mol. The van der Waals surface area contributed by atoms with Crippen molar-refractivity contribution in [3.05, 3.63) is 23.7 Å². The smallest absolute Gasteiger partial charge is 0.338 e. The Balaban J connectivity index is 2.23. The second kappa shape index (κ2) is 6.27. The molecule has 0 aliphatic heterocycles. The van der Waals surface area contributed by atoms with Crippen LogP contribution in [-0.2, 0) is 6.42 Å². The average molecular weight is 210 g/mol. The number of unbranched alkanes of at least 4 members (excludes halogenated alkanes) is 4. The number of aromatic carboxylic acids is 1. The number of furan rings is 1. The van der Waals surface area contributed by atoms with Crippen molar-refractivity contribution >= 4 is 5.97 Å². The summed E-state index contributed by atoms with van der Waals surface area (Å²) in [6, 6.07) is 1.61. The Hall–Kier alpha value is -1.25. The number of rotatable bonds is 7. The Bertz CT molecular complexity index is 302. The SMILES string of the molecule is CCCCCCCc1cc(C(=O)O)co1. The van der Waals surface area contributed by atoms with Gasteiger partial charge in [0.2, 0.25) is 0 Å². The summed E-state index contributed by atoms with van der Waals surface area (Å²) < 4.78 is 5.15. The van der Waals surface area contributed by atoms with E-state index in [4.69, 9.17) is 9.52 Å². The van der Waals surface area contributed by atoms with E-state index in [-0.39, 0.29) is 5.56 Å². The first-order chi connectivity index (χ1) is 7.24. The van der Waals surface area contributed by atoms with Crippen molar-refractivity contribution in [2.24, 2.45) is 0 Å². The molecule has 1 aromatic rings. The maximum absolute atomic E-state index is 10.6. The molecule has 0 aliphatic carbocycles. The highest BCUT2D eigenvalue weighted by atomic mass is 16.4. The monoisotopic (exact) mass is 210 g/mol. The van der Waals surface area contributed by atoms with Gasteiger partial charge in [0.25, 0.3) is 0 Å². The summed E-state index contributed by atoms with van der Waals surface area (Å²) in [5, 5.41) is 8.68. The Labute approximate surface area is 90.1 Å². The number of carboxylic acids is 1. The van der Waals surface area contributed by atoms with Crippen molar-refractivity contribution in [1.29, 1.82) is 0 Å². The maximum Gasteiger partial charge on any atom is 0.338 e. The standard InChI is InChI=1S/C12H18O3/c1-2-3-4-5-6-7-11-8-10(9-15-11)12(13)14/h8-9H,2-7H2,1H3,(H,13,14). The normalized spacial score (nSPS) is 10.5. The Morgan fingerprint density at radius 3 is 2.67 bits per heavy atom. The molecule has 15 heavy (non-hydrogen) atoms. The summed E-state index contributed by atoms with van der Waals surface area (Å²) in [5.74, 6) is -0.139. The molecule has 0 fully saturated rings. The Kier molecular flexibility index (Phi) is 4.95. The van der Waals surface area contributed by atoms with Crippen LogP contribution in [0.3, 0.4) is 0 Å². The molecule has 0 saturated carbocycles. The predicted molar refractivity (Wildman–Crippen MR) is 58.1 cm³/mol. The molecule has 0 spiro atoms. The summed E-state index contributed by atoms with van der Waals surface area (Å²) in [4.78, 5) is 10.6. The molecule has 0 amide bonds. The first-order valence-corrected chi connectivity index (χ1v) is 5.54. The van der Waals surface area contributed by atoms with Crippen molar-refractivity contribution in [1.82, 2.24) is 0 Å². The van der Waals surface area contributed by atoms with Gasteiger partial charge in [-0.3, -0.25) is 0 Å². The molecule has 3 nitrogen and oxygen atoms in total. The summed E-state index contributed by atoms with van der Waals surface area (Å²) in [7, 11) is 0.